The van der Waals surface area contributed by atoms with E-state index >= 15 is 0 Å². The summed E-state index contributed by atoms with van der Waals surface area (Å²) in [4.78, 5) is 8.08. The molecule has 29 heavy (non-hydrogen) atoms. The van der Waals surface area contributed by atoms with Crippen molar-refractivity contribution in [3.8, 4) is 22.4 Å². The molecular weight excluding hydrogens is 360 g/mol. The zero-order chi connectivity index (χ0) is 19.2. The van der Waals surface area contributed by atoms with Crippen molar-refractivity contribution in [3.63, 3.8) is 0 Å². The average molecular weight is 380 g/mol. The number of fused-ring (bicyclic) bond motifs is 2. The fourth-order valence-corrected chi connectivity index (χ4v) is 3.83. The number of rotatable bonds is 4. The van der Waals surface area contributed by atoms with Gasteiger partial charge in [0.2, 0.25) is 0 Å². The largest absolute Gasteiger partial charge is 0.363 e. The molecule has 0 saturated carbocycles. The van der Waals surface area contributed by atoms with Crippen molar-refractivity contribution >= 4 is 27.8 Å². The van der Waals surface area contributed by atoms with Gasteiger partial charge in [0.25, 0.3) is 0 Å². The lowest BCUT2D eigenvalue weighted by Gasteiger charge is -2.27. The van der Waals surface area contributed by atoms with Crippen LogP contribution in [0.5, 0.6) is 0 Å². The minimum Gasteiger partial charge on any atom is -0.363 e. The van der Waals surface area contributed by atoms with Gasteiger partial charge in [-0.05, 0) is 35.4 Å². The molecule has 0 atom stereocenters. The van der Waals surface area contributed by atoms with Crippen LogP contribution in [0, 0.1) is 0 Å². The molecule has 1 aliphatic heterocycles. The normalized spacial score (nSPS) is 14.3. The molecule has 0 amide bonds. The summed E-state index contributed by atoms with van der Waals surface area (Å²) >= 11 is 0. The van der Waals surface area contributed by atoms with Crippen LogP contribution in [0.4, 0.5) is 5.82 Å². The highest BCUT2D eigenvalue weighted by atomic mass is 15.2. The molecule has 2 aromatic carbocycles. The SMILES string of the molecule is c1ccc(-c2cc3cc(-c4ccc5[nH]nc(NC6CNC6)c5c4)cnc3[nH]2)cc1. The number of hydrogen-bond donors (Lipinski definition) is 4. The maximum Gasteiger partial charge on any atom is 0.156 e. The summed E-state index contributed by atoms with van der Waals surface area (Å²) in [6.45, 7) is 1.96. The lowest BCUT2D eigenvalue weighted by molar-refractivity contribution is 0.471. The Balaban J connectivity index is 1.39. The zero-order valence-corrected chi connectivity index (χ0v) is 15.7. The summed E-state index contributed by atoms with van der Waals surface area (Å²) in [7, 11) is 0. The fourth-order valence-electron chi connectivity index (χ4n) is 3.83. The third kappa shape index (κ3) is 2.85. The first-order valence-corrected chi connectivity index (χ1v) is 9.83. The summed E-state index contributed by atoms with van der Waals surface area (Å²) in [5, 5.41) is 16.6. The van der Waals surface area contributed by atoms with E-state index in [0.717, 1.165) is 63.2 Å². The number of nitrogens with one attached hydrogen (secondary N) is 4. The Kier molecular flexibility index (Phi) is 3.64. The van der Waals surface area contributed by atoms with Crippen molar-refractivity contribution in [2.45, 2.75) is 6.04 Å². The van der Waals surface area contributed by atoms with Crippen molar-refractivity contribution < 1.29 is 0 Å². The zero-order valence-electron chi connectivity index (χ0n) is 15.7. The van der Waals surface area contributed by atoms with E-state index in [2.05, 4.69) is 73.3 Å². The molecule has 1 saturated heterocycles. The summed E-state index contributed by atoms with van der Waals surface area (Å²) in [5.74, 6) is 0.912. The van der Waals surface area contributed by atoms with E-state index in [4.69, 9.17) is 0 Å². The van der Waals surface area contributed by atoms with E-state index in [-0.39, 0.29) is 0 Å². The second-order valence-corrected chi connectivity index (χ2v) is 7.54. The van der Waals surface area contributed by atoms with E-state index in [9.17, 15) is 0 Å². The molecule has 4 N–H and O–H groups in total. The Bertz CT molecular complexity index is 1310. The minimum atomic E-state index is 0.444. The lowest BCUT2D eigenvalue weighted by Crippen LogP contribution is -2.51. The predicted molar refractivity (Wildman–Crippen MR) is 117 cm³/mol. The molecule has 6 rings (SSSR count). The van der Waals surface area contributed by atoms with Crippen molar-refractivity contribution in [1.82, 2.24) is 25.5 Å². The van der Waals surface area contributed by atoms with Crippen LogP contribution in [0.25, 0.3) is 44.3 Å². The molecule has 1 fully saturated rings. The van der Waals surface area contributed by atoms with Gasteiger partial charge in [0.15, 0.2) is 5.82 Å². The van der Waals surface area contributed by atoms with Gasteiger partial charge in [-0.3, -0.25) is 5.10 Å². The molecular formula is C23H20N6. The van der Waals surface area contributed by atoms with Crippen LogP contribution in [0.2, 0.25) is 0 Å². The predicted octanol–water partition coefficient (Wildman–Crippen LogP) is 4.16. The lowest BCUT2D eigenvalue weighted by atomic mass is 10.0. The standard InChI is InChI=1S/C23H20N6/c1-2-4-14(5-3-1)21-10-16-8-17(11-25-22(16)27-21)15-6-7-20-19(9-15)23(29-28-20)26-18-12-24-13-18/h1-11,18,24H,12-13H2,(H,25,27)(H2,26,28,29). The van der Waals surface area contributed by atoms with Crippen LogP contribution in [0.15, 0.2) is 66.9 Å². The molecule has 4 heterocycles. The number of nitrogens with zero attached hydrogens (tertiary/aromatic N) is 2. The molecule has 0 radical (unpaired) electrons. The molecule has 3 aromatic heterocycles. The van der Waals surface area contributed by atoms with Crippen molar-refractivity contribution in [1.29, 1.82) is 0 Å². The molecule has 0 bridgehead atoms. The third-order valence-electron chi connectivity index (χ3n) is 5.57. The van der Waals surface area contributed by atoms with Crippen molar-refractivity contribution in [2.75, 3.05) is 18.4 Å². The second-order valence-electron chi connectivity index (χ2n) is 7.54. The molecule has 0 unspecified atom stereocenters. The second kappa shape index (κ2) is 6.46. The number of hydrogen-bond acceptors (Lipinski definition) is 4. The summed E-state index contributed by atoms with van der Waals surface area (Å²) < 4.78 is 0. The number of benzene rings is 2. The smallest absolute Gasteiger partial charge is 0.156 e. The molecule has 0 aliphatic carbocycles. The van der Waals surface area contributed by atoms with Gasteiger partial charge in [-0.1, -0.05) is 36.4 Å². The highest BCUT2D eigenvalue weighted by Gasteiger charge is 2.18. The molecule has 5 aromatic rings. The van der Waals surface area contributed by atoms with Gasteiger partial charge >= 0.3 is 0 Å². The maximum atomic E-state index is 4.66. The topological polar surface area (TPSA) is 81.4 Å². The number of anilines is 1. The van der Waals surface area contributed by atoms with Crippen molar-refractivity contribution in [3.05, 3.63) is 66.9 Å². The number of pyridine rings is 1. The first kappa shape index (κ1) is 16.3. The van der Waals surface area contributed by atoms with Gasteiger partial charge in [0, 0.05) is 41.3 Å². The van der Waals surface area contributed by atoms with Crippen LogP contribution in [0.3, 0.4) is 0 Å². The Morgan fingerprint density at radius 3 is 2.62 bits per heavy atom. The average Bonchev–Trinajstić information content (AvgIpc) is 3.34. The van der Waals surface area contributed by atoms with Crippen LogP contribution in [0.1, 0.15) is 0 Å². The van der Waals surface area contributed by atoms with E-state index in [1.807, 2.05) is 24.4 Å². The van der Waals surface area contributed by atoms with Gasteiger partial charge < -0.3 is 15.6 Å². The molecule has 6 nitrogen and oxygen atoms in total. The number of H-pyrrole nitrogens is 2. The number of aromatic nitrogens is 4. The van der Waals surface area contributed by atoms with E-state index in [0.29, 0.717) is 6.04 Å². The molecule has 142 valence electrons. The molecule has 6 heteroatoms. The Labute approximate surface area is 167 Å². The first-order valence-electron chi connectivity index (χ1n) is 9.83. The Morgan fingerprint density at radius 1 is 0.897 bits per heavy atom. The molecule has 1 aliphatic rings. The van der Waals surface area contributed by atoms with Gasteiger partial charge in [0.1, 0.15) is 5.65 Å². The highest BCUT2D eigenvalue weighted by molar-refractivity contribution is 5.94. The van der Waals surface area contributed by atoms with Gasteiger partial charge in [-0.2, -0.15) is 5.10 Å². The first-order chi connectivity index (χ1) is 14.3. The quantitative estimate of drug-likeness (QED) is 0.377. The minimum absolute atomic E-state index is 0.444. The Morgan fingerprint density at radius 2 is 1.79 bits per heavy atom. The van der Waals surface area contributed by atoms with E-state index in [1.165, 1.54) is 0 Å². The summed E-state index contributed by atoms with van der Waals surface area (Å²) in [5.41, 5.74) is 6.40. The monoisotopic (exact) mass is 380 g/mol. The van der Waals surface area contributed by atoms with Crippen LogP contribution < -0.4 is 10.6 Å². The highest BCUT2D eigenvalue weighted by Crippen LogP contribution is 2.30. The van der Waals surface area contributed by atoms with Gasteiger partial charge in [0.05, 0.1) is 11.6 Å². The van der Waals surface area contributed by atoms with E-state index < -0.39 is 0 Å². The maximum absolute atomic E-state index is 4.66. The van der Waals surface area contributed by atoms with Gasteiger partial charge in [-0.15, -0.1) is 0 Å². The molecule has 0 spiro atoms. The summed E-state index contributed by atoms with van der Waals surface area (Å²) in [6.07, 6.45) is 1.93. The summed E-state index contributed by atoms with van der Waals surface area (Å²) in [6, 6.07) is 21.5. The van der Waals surface area contributed by atoms with Crippen LogP contribution in [-0.4, -0.2) is 39.3 Å². The van der Waals surface area contributed by atoms with Gasteiger partial charge in [-0.25, -0.2) is 4.98 Å². The van der Waals surface area contributed by atoms with Crippen molar-refractivity contribution in [2.24, 2.45) is 0 Å². The third-order valence-corrected chi connectivity index (χ3v) is 5.57. The Hall–Kier alpha value is -3.64. The fraction of sp³-hybridized carbons (Fsp3) is 0.130. The number of aromatic amines is 2. The van der Waals surface area contributed by atoms with Crippen LogP contribution in [-0.2, 0) is 0 Å². The van der Waals surface area contributed by atoms with Crippen LogP contribution >= 0.6 is 0 Å². The van der Waals surface area contributed by atoms with E-state index in [1.54, 1.807) is 0 Å².